The fraction of sp³-hybridized carbons (Fsp3) is 0.200. The molecule has 0 spiro atoms. The summed E-state index contributed by atoms with van der Waals surface area (Å²) in [5, 5.41) is 2.70. The van der Waals surface area contributed by atoms with Crippen molar-refractivity contribution in [1.82, 2.24) is 9.97 Å². The van der Waals surface area contributed by atoms with Crippen LogP contribution in [-0.2, 0) is 0 Å². The Balaban J connectivity index is 3.19. The standard InChI is InChI=1S/C5H3ClN3O/c1-3-4(9-10)2-7-5(6)8-3/h1H3. The normalized spacial score (nSPS) is 9.40. The van der Waals surface area contributed by atoms with Crippen molar-refractivity contribution in [2.75, 3.05) is 0 Å². The maximum Gasteiger partial charge on any atom is 0.223 e. The maximum absolute atomic E-state index is 9.93. The summed E-state index contributed by atoms with van der Waals surface area (Å²) < 4.78 is 0. The third-order valence-electron chi connectivity index (χ3n) is 0.948. The Hall–Kier alpha value is -1.03. The number of hydrogen-bond donors (Lipinski definition) is 0. The molecule has 5 heteroatoms. The molecule has 0 saturated carbocycles. The number of nitrogens with zero attached hydrogens (tertiary/aromatic N) is 3. The molecule has 10 heavy (non-hydrogen) atoms. The molecule has 0 saturated heterocycles. The highest BCUT2D eigenvalue weighted by atomic mass is 35.5. The van der Waals surface area contributed by atoms with Crippen LogP contribution in [0.3, 0.4) is 0 Å². The molecule has 51 valence electrons. The molecule has 1 rings (SSSR count). The lowest BCUT2D eigenvalue weighted by Crippen LogP contribution is -1.85. The van der Waals surface area contributed by atoms with Crippen LogP contribution < -0.4 is 0 Å². The predicted octanol–water partition coefficient (Wildman–Crippen LogP) is 1.64. The summed E-state index contributed by atoms with van der Waals surface area (Å²) in [6, 6.07) is 0. The minimum Gasteiger partial charge on any atom is -0.221 e. The molecule has 0 bridgehead atoms. The Labute approximate surface area is 62.2 Å². The molecule has 1 heterocycles. The molecule has 0 unspecified atom stereocenters. The van der Waals surface area contributed by atoms with E-state index in [1.54, 1.807) is 6.92 Å². The summed E-state index contributed by atoms with van der Waals surface area (Å²) in [6.07, 6.45) is 2.33. The zero-order valence-corrected chi connectivity index (χ0v) is 5.88. The van der Waals surface area contributed by atoms with Crippen molar-refractivity contribution in [1.29, 1.82) is 0 Å². The highest BCUT2D eigenvalue weighted by molar-refractivity contribution is 6.28. The van der Waals surface area contributed by atoms with Gasteiger partial charge in [0, 0.05) is 0 Å². The van der Waals surface area contributed by atoms with E-state index in [0.29, 0.717) is 5.69 Å². The third kappa shape index (κ3) is 1.27. The van der Waals surface area contributed by atoms with E-state index in [0.717, 1.165) is 0 Å². The van der Waals surface area contributed by atoms with Gasteiger partial charge in [-0.2, -0.15) is 0 Å². The second kappa shape index (κ2) is 2.70. The lowest BCUT2D eigenvalue weighted by molar-refractivity contribution is 1.08. The molecule has 0 aliphatic carbocycles. The van der Waals surface area contributed by atoms with Crippen LogP contribution in [0, 0.1) is 18.0 Å². The first-order valence-electron chi connectivity index (χ1n) is 2.49. The minimum absolute atomic E-state index is 0.0740. The lowest BCUT2D eigenvalue weighted by Gasteiger charge is -1.91. The van der Waals surface area contributed by atoms with E-state index < -0.39 is 0 Å². The van der Waals surface area contributed by atoms with Gasteiger partial charge in [0.05, 0.1) is 5.69 Å². The fourth-order valence-electron chi connectivity index (χ4n) is 0.483. The van der Waals surface area contributed by atoms with E-state index in [9.17, 15) is 4.91 Å². The largest absolute Gasteiger partial charge is 0.223 e. The van der Waals surface area contributed by atoms with Crippen LogP contribution in [0.25, 0.3) is 0 Å². The third-order valence-corrected chi connectivity index (χ3v) is 1.12. The molecule has 0 aliphatic heterocycles. The van der Waals surface area contributed by atoms with Gasteiger partial charge in [-0.25, -0.2) is 9.97 Å². The molecule has 4 nitrogen and oxygen atoms in total. The van der Waals surface area contributed by atoms with Crippen LogP contribution in [-0.4, -0.2) is 9.97 Å². The topological polar surface area (TPSA) is 55.2 Å². The number of nitroso groups, excluding NO2 is 1. The molecular formula is C5H3ClN3O. The smallest absolute Gasteiger partial charge is 0.221 e. The molecule has 0 aromatic carbocycles. The van der Waals surface area contributed by atoms with Crippen LogP contribution in [0.15, 0.2) is 5.18 Å². The van der Waals surface area contributed by atoms with E-state index in [1.807, 2.05) is 0 Å². The van der Waals surface area contributed by atoms with Crippen molar-refractivity contribution in [3.8, 4) is 0 Å². The minimum atomic E-state index is 0.0740. The predicted molar refractivity (Wildman–Crippen MR) is 36.1 cm³/mol. The summed E-state index contributed by atoms with van der Waals surface area (Å²) in [7, 11) is 0. The first kappa shape index (κ1) is 7.08. The molecule has 0 amide bonds. The molecular weight excluding hydrogens is 154 g/mol. The van der Waals surface area contributed by atoms with Gasteiger partial charge >= 0.3 is 0 Å². The molecule has 1 radical (unpaired) electrons. The van der Waals surface area contributed by atoms with Gasteiger partial charge in [-0.15, -0.1) is 4.91 Å². The maximum atomic E-state index is 9.93. The average molecular weight is 157 g/mol. The van der Waals surface area contributed by atoms with Crippen LogP contribution >= 0.6 is 11.6 Å². The van der Waals surface area contributed by atoms with Crippen molar-refractivity contribution in [3.63, 3.8) is 0 Å². The van der Waals surface area contributed by atoms with Gasteiger partial charge in [-0.05, 0) is 23.7 Å². The second-order valence-electron chi connectivity index (χ2n) is 1.63. The average Bonchev–Trinajstić information content (AvgIpc) is 1.88. The SMILES string of the molecule is Cc1nc(Cl)n[c]c1N=O. The van der Waals surface area contributed by atoms with Gasteiger partial charge in [0.1, 0.15) is 6.20 Å². The summed E-state index contributed by atoms with van der Waals surface area (Å²) >= 11 is 5.38. The second-order valence-corrected chi connectivity index (χ2v) is 1.97. The summed E-state index contributed by atoms with van der Waals surface area (Å²) in [4.78, 5) is 17.1. The Kier molecular flexibility index (Phi) is 1.91. The van der Waals surface area contributed by atoms with E-state index in [2.05, 4.69) is 21.3 Å². The molecule has 0 fully saturated rings. The summed E-state index contributed by atoms with van der Waals surface area (Å²) in [6.45, 7) is 1.61. The number of aryl methyl sites for hydroxylation is 1. The van der Waals surface area contributed by atoms with Gasteiger partial charge in [0.15, 0.2) is 5.69 Å². The van der Waals surface area contributed by atoms with E-state index in [1.165, 1.54) is 0 Å². The number of hydrogen-bond acceptors (Lipinski definition) is 4. The number of rotatable bonds is 1. The molecule has 1 aromatic heterocycles. The van der Waals surface area contributed by atoms with Gasteiger partial charge in [-0.3, -0.25) is 0 Å². The lowest BCUT2D eigenvalue weighted by atomic mass is 10.4. The van der Waals surface area contributed by atoms with Gasteiger partial charge in [-0.1, -0.05) is 0 Å². The molecule has 0 aliphatic rings. The molecule has 0 atom stereocenters. The zero-order valence-electron chi connectivity index (χ0n) is 5.13. The fourth-order valence-corrected chi connectivity index (χ4v) is 0.652. The zero-order chi connectivity index (χ0) is 7.56. The van der Waals surface area contributed by atoms with E-state index >= 15 is 0 Å². The Bertz CT molecular complexity index is 263. The van der Waals surface area contributed by atoms with Gasteiger partial charge in [0.2, 0.25) is 5.28 Å². The van der Waals surface area contributed by atoms with Gasteiger partial charge in [0.25, 0.3) is 0 Å². The number of halogens is 1. The van der Waals surface area contributed by atoms with E-state index in [-0.39, 0.29) is 11.0 Å². The van der Waals surface area contributed by atoms with Gasteiger partial charge < -0.3 is 0 Å². The van der Waals surface area contributed by atoms with Crippen molar-refractivity contribution in [2.45, 2.75) is 6.92 Å². The summed E-state index contributed by atoms with van der Waals surface area (Å²) in [5.74, 6) is 0. The van der Waals surface area contributed by atoms with Crippen molar-refractivity contribution in [3.05, 3.63) is 22.1 Å². The number of aromatic nitrogens is 2. The van der Waals surface area contributed by atoms with Crippen molar-refractivity contribution in [2.24, 2.45) is 5.18 Å². The van der Waals surface area contributed by atoms with Crippen LogP contribution in [0.2, 0.25) is 5.28 Å². The van der Waals surface area contributed by atoms with Crippen LogP contribution in [0.5, 0.6) is 0 Å². The highest BCUT2D eigenvalue weighted by Gasteiger charge is 2.00. The van der Waals surface area contributed by atoms with Crippen molar-refractivity contribution < 1.29 is 0 Å². The Morgan fingerprint density at radius 2 is 2.40 bits per heavy atom. The summed E-state index contributed by atoms with van der Waals surface area (Å²) in [5.41, 5.74) is 0.541. The van der Waals surface area contributed by atoms with E-state index in [4.69, 9.17) is 11.6 Å². The first-order chi connectivity index (χ1) is 4.74. The monoisotopic (exact) mass is 156 g/mol. The van der Waals surface area contributed by atoms with Crippen LogP contribution in [0.4, 0.5) is 5.69 Å². The molecule has 0 N–H and O–H groups in total. The van der Waals surface area contributed by atoms with Crippen molar-refractivity contribution >= 4 is 17.3 Å². The quantitative estimate of drug-likeness (QED) is 0.459. The Morgan fingerprint density at radius 1 is 1.70 bits per heavy atom. The Morgan fingerprint density at radius 3 is 2.90 bits per heavy atom. The highest BCUT2D eigenvalue weighted by Crippen LogP contribution is 2.14. The first-order valence-corrected chi connectivity index (χ1v) is 2.87. The molecule has 1 aromatic rings. The van der Waals surface area contributed by atoms with Crippen LogP contribution in [0.1, 0.15) is 5.69 Å².